The van der Waals surface area contributed by atoms with Gasteiger partial charge in [-0.2, -0.15) is 0 Å². The average Bonchev–Trinajstić information content (AvgIpc) is 3.15. The summed E-state index contributed by atoms with van der Waals surface area (Å²) in [6.45, 7) is 2.74. The lowest BCUT2D eigenvalue weighted by atomic mass is 10.2. The third-order valence-corrected chi connectivity index (χ3v) is 6.20. The molecule has 1 fully saturated rings. The molecule has 0 unspecified atom stereocenters. The number of rotatable bonds is 5. The van der Waals surface area contributed by atoms with Gasteiger partial charge in [0, 0.05) is 25.5 Å². The Labute approximate surface area is 151 Å². The van der Waals surface area contributed by atoms with E-state index in [1.54, 1.807) is 20.0 Å². The predicted molar refractivity (Wildman–Crippen MR) is 95.5 cm³/mol. The van der Waals surface area contributed by atoms with E-state index in [1.807, 2.05) is 0 Å². The fraction of sp³-hybridized carbons (Fsp3) is 0.389. The molecule has 140 valence electrons. The number of carbonyl (C=O) groups excluding carboxylic acids is 1. The zero-order valence-electron chi connectivity index (χ0n) is 14.7. The Morgan fingerprint density at radius 3 is 2.77 bits per heavy atom. The van der Waals surface area contributed by atoms with Crippen LogP contribution in [0.15, 0.2) is 35.4 Å². The normalized spacial score (nSPS) is 17.4. The molecule has 0 bridgehead atoms. The minimum atomic E-state index is -3.51. The largest absolute Gasteiger partial charge is 0.381 e. The number of benzene rings is 1. The molecule has 1 N–H and O–H groups in total. The quantitative estimate of drug-likeness (QED) is 0.865. The Bertz CT molecular complexity index is 910. The summed E-state index contributed by atoms with van der Waals surface area (Å²) < 4.78 is 45.3. The molecule has 3 rings (SSSR count). The summed E-state index contributed by atoms with van der Waals surface area (Å²) in [5.74, 6) is -0.966. The van der Waals surface area contributed by atoms with Gasteiger partial charge < -0.3 is 14.6 Å². The molecule has 0 aliphatic carbocycles. The Kier molecular flexibility index (Phi) is 5.15. The van der Waals surface area contributed by atoms with Crippen molar-refractivity contribution in [3.8, 4) is 0 Å². The van der Waals surface area contributed by atoms with Crippen molar-refractivity contribution >= 4 is 21.4 Å². The Morgan fingerprint density at radius 1 is 1.35 bits per heavy atom. The summed E-state index contributed by atoms with van der Waals surface area (Å²) in [6, 6.07) is 5.56. The minimum absolute atomic E-state index is 0.00115. The summed E-state index contributed by atoms with van der Waals surface area (Å²) in [6.07, 6.45) is 2.15. The van der Waals surface area contributed by atoms with Crippen LogP contribution >= 0.6 is 0 Å². The number of hydrogen-bond donors (Lipinski definition) is 1. The van der Waals surface area contributed by atoms with Crippen molar-refractivity contribution in [1.82, 2.24) is 4.57 Å². The molecule has 1 saturated heterocycles. The van der Waals surface area contributed by atoms with E-state index in [1.165, 1.54) is 29.0 Å². The van der Waals surface area contributed by atoms with Crippen molar-refractivity contribution in [2.24, 2.45) is 13.0 Å². The first-order valence-corrected chi connectivity index (χ1v) is 9.95. The van der Waals surface area contributed by atoms with Crippen molar-refractivity contribution in [1.29, 1.82) is 0 Å². The molecule has 2 aromatic rings. The highest BCUT2D eigenvalue weighted by Crippen LogP contribution is 2.22. The van der Waals surface area contributed by atoms with E-state index in [0.717, 1.165) is 6.42 Å². The predicted octanol–water partition coefficient (Wildman–Crippen LogP) is 2.54. The summed E-state index contributed by atoms with van der Waals surface area (Å²) in [7, 11) is -1.91. The van der Waals surface area contributed by atoms with Crippen molar-refractivity contribution in [2.75, 3.05) is 24.3 Å². The lowest BCUT2D eigenvalue weighted by molar-refractivity contribution is 0.101. The zero-order chi connectivity index (χ0) is 18.9. The second kappa shape index (κ2) is 7.20. The number of ether oxygens (including phenoxy) is 1. The van der Waals surface area contributed by atoms with Crippen LogP contribution in [0.25, 0.3) is 0 Å². The summed E-state index contributed by atoms with van der Waals surface area (Å²) in [5, 5.41) is 2.60. The van der Waals surface area contributed by atoms with E-state index in [0.29, 0.717) is 24.5 Å². The van der Waals surface area contributed by atoms with Crippen LogP contribution in [0.5, 0.6) is 0 Å². The van der Waals surface area contributed by atoms with Crippen molar-refractivity contribution < 1.29 is 22.3 Å². The minimum Gasteiger partial charge on any atom is -0.381 e. The lowest BCUT2D eigenvalue weighted by Crippen LogP contribution is -2.16. The zero-order valence-corrected chi connectivity index (χ0v) is 15.5. The first-order valence-electron chi connectivity index (χ1n) is 8.30. The third kappa shape index (κ3) is 4.13. The summed E-state index contributed by atoms with van der Waals surface area (Å²) >= 11 is 0. The maximum atomic E-state index is 13.5. The number of carbonyl (C=O) groups is 1. The molecule has 1 aromatic heterocycles. The molecule has 1 aliphatic heterocycles. The van der Waals surface area contributed by atoms with E-state index in [9.17, 15) is 17.6 Å². The molecule has 0 saturated carbocycles. The average molecular weight is 380 g/mol. The fourth-order valence-electron chi connectivity index (χ4n) is 3.05. The molecule has 0 spiro atoms. The molecular weight excluding hydrogens is 359 g/mol. The Balaban J connectivity index is 1.79. The van der Waals surface area contributed by atoms with Gasteiger partial charge in [0.15, 0.2) is 9.84 Å². The summed E-state index contributed by atoms with van der Waals surface area (Å²) in [4.78, 5) is 12.6. The van der Waals surface area contributed by atoms with E-state index < -0.39 is 21.6 Å². The second-order valence-corrected chi connectivity index (χ2v) is 8.69. The molecule has 6 nitrogen and oxygen atoms in total. The first kappa shape index (κ1) is 18.6. The molecule has 26 heavy (non-hydrogen) atoms. The Morgan fingerprint density at radius 2 is 2.12 bits per heavy atom. The molecular formula is C18H21FN2O4S. The second-order valence-electron chi connectivity index (χ2n) is 6.65. The number of sulfone groups is 1. The molecule has 1 amide bonds. The van der Waals surface area contributed by atoms with Gasteiger partial charge in [0.1, 0.15) is 11.5 Å². The van der Waals surface area contributed by atoms with Crippen LogP contribution < -0.4 is 5.32 Å². The molecule has 1 aliphatic rings. The number of nitrogens with zero attached hydrogens (tertiary/aromatic N) is 1. The van der Waals surface area contributed by atoms with Crippen LogP contribution in [-0.2, 0) is 21.6 Å². The number of anilines is 1. The van der Waals surface area contributed by atoms with Gasteiger partial charge in [-0.05, 0) is 49.1 Å². The number of amides is 1. The van der Waals surface area contributed by atoms with Crippen molar-refractivity contribution in [3.05, 3.63) is 47.5 Å². The van der Waals surface area contributed by atoms with Gasteiger partial charge in [-0.15, -0.1) is 0 Å². The smallest absolute Gasteiger partial charge is 0.272 e. The maximum Gasteiger partial charge on any atom is 0.272 e. The molecule has 2 heterocycles. The lowest BCUT2D eigenvalue weighted by Gasteiger charge is -2.07. The van der Waals surface area contributed by atoms with Gasteiger partial charge in [-0.1, -0.05) is 0 Å². The first-order chi connectivity index (χ1) is 12.2. The Hall–Kier alpha value is -2.19. The number of aromatic nitrogens is 1. The van der Waals surface area contributed by atoms with Crippen molar-refractivity contribution in [3.63, 3.8) is 0 Å². The van der Waals surface area contributed by atoms with Crippen molar-refractivity contribution in [2.45, 2.75) is 18.2 Å². The van der Waals surface area contributed by atoms with E-state index in [4.69, 9.17) is 4.74 Å². The number of nitrogens with one attached hydrogen (secondary N) is 1. The van der Waals surface area contributed by atoms with E-state index in [2.05, 4.69) is 5.32 Å². The highest BCUT2D eigenvalue weighted by molar-refractivity contribution is 7.91. The standard InChI is InChI=1S/C18H21FN2O4S/c1-12-5-14(19)7-15(6-12)20-18(22)17-8-16(9-21(17)2)26(23,24)11-13-3-4-25-10-13/h5-9,13H,3-4,10-11H2,1-2H3,(H,20,22)/t13-/m0/s1. The van der Waals surface area contributed by atoms with Gasteiger partial charge in [-0.3, -0.25) is 4.79 Å². The van der Waals surface area contributed by atoms with Crippen LogP contribution in [0.4, 0.5) is 10.1 Å². The van der Waals surface area contributed by atoms with Crippen LogP contribution in [0, 0.1) is 18.7 Å². The molecule has 0 radical (unpaired) electrons. The van der Waals surface area contributed by atoms with Gasteiger partial charge in [0.25, 0.3) is 5.91 Å². The summed E-state index contributed by atoms with van der Waals surface area (Å²) in [5.41, 5.74) is 1.18. The SMILES string of the molecule is Cc1cc(F)cc(NC(=O)c2cc(S(=O)(=O)C[C@H]3CCOC3)cn2C)c1. The van der Waals surface area contributed by atoms with Crippen LogP contribution in [0.1, 0.15) is 22.5 Å². The number of aryl methyl sites for hydroxylation is 2. The van der Waals surface area contributed by atoms with Crippen LogP contribution in [0.2, 0.25) is 0 Å². The van der Waals surface area contributed by atoms with E-state index in [-0.39, 0.29) is 22.3 Å². The van der Waals surface area contributed by atoms with Crippen LogP contribution in [0.3, 0.4) is 0 Å². The highest BCUT2D eigenvalue weighted by atomic mass is 32.2. The van der Waals surface area contributed by atoms with E-state index >= 15 is 0 Å². The number of hydrogen-bond acceptors (Lipinski definition) is 4. The van der Waals surface area contributed by atoms with Gasteiger partial charge in [0.05, 0.1) is 17.3 Å². The fourth-order valence-corrected chi connectivity index (χ4v) is 4.74. The third-order valence-electron chi connectivity index (χ3n) is 4.35. The topological polar surface area (TPSA) is 77.4 Å². The molecule has 8 heteroatoms. The monoisotopic (exact) mass is 380 g/mol. The van der Waals surface area contributed by atoms with Gasteiger partial charge >= 0.3 is 0 Å². The maximum absolute atomic E-state index is 13.5. The molecule has 1 atom stereocenters. The number of halogens is 1. The van der Waals surface area contributed by atoms with Crippen LogP contribution in [-0.4, -0.2) is 37.9 Å². The van der Waals surface area contributed by atoms with Gasteiger partial charge in [0.2, 0.25) is 0 Å². The highest BCUT2D eigenvalue weighted by Gasteiger charge is 2.27. The van der Waals surface area contributed by atoms with Gasteiger partial charge in [-0.25, -0.2) is 12.8 Å². The molecule has 1 aromatic carbocycles.